The van der Waals surface area contributed by atoms with Gasteiger partial charge in [0.1, 0.15) is 16.2 Å². The molecule has 0 amide bonds. The molecule has 41 heavy (non-hydrogen) atoms. The highest BCUT2D eigenvalue weighted by Crippen LogP contribution is 2.42. The van der Waals surface area contributed by atoms with Crippen LogP contribution in [0.3, 0.4) is 0 Å². The molecule has 0 saturated carbocycles. The zero-order valence-electron chi connectivity index (χ0n) is 24.6. The lowest BCUT2D eigenvalue weighted by Crippen LogP contribution is -2.43. The van der Waals surface area contributed by atoms with Gasteiger partial charge in [0.15, 0.2) is 0 Å². The summed E-state index contributed by atoms with van der Waals surface area (Å²) in [6.45, 7) is 9.73. The van der Waals surface area contributed by atoms with E-state index in [4.69, 9.17) is 18.9 Å². The van der Waals surface area contributed by atoms with Gasteiger partial charge in [-0.05, 0) is 82.9 Å². The molecule has 1 saturated heterocycles. The highest BCUT2D eigenvalue weighted by atomic mass is 32.2. The molecule has 3 aromatic rings. The van der Waals surface area contributed by atoms with Crippen molar-refractivity contribution in [2.75, 3.05) is 27.4 Å². The van der Waals surface area contributed by atoms with E-state index in [9.17, 15) is 18.0 Å². The summed E-state index contributed by atoms with van der Waals surface area (Å²) in [7, 11) is -1.43. The molecule has 0 radical (unpaired) electrons. The van der Waals surface area contributed by atoms with Gasteiger partial charge in [-0.3, -0.25) is 4.57 Å². The Morgan fingerprint density at radius 3 is 2.34 bits per heavy atom. The van der Waals surface area contributed by atoms with Crippen molar-refractivity contribution >= 4 is 33.0 Å². The highest BCUT2D eigenvalue weighted by molar-refractivity contribution is 7.89. The van der Waals surface area contributed by atoms with Crippen molar-refractivity contribution in [3.05, 3.63) is 59.3 Å². The number of piperidine rings is 1. The number of methoxy groups -OCH3 is 2. The normalized spacial score (nSPS) is 18.3. The molecule has 1 aliphatic heterocycles. The molecule has 1 fully saturated rings. The fourth-order valence-electron chi connectivity index (χ4n) is 5.33. The van der Waals surface area contributed by atoms with Gasteiger partial charge < -0.3 is 18.9 Å². The van der Waals surface area contributed by atoms with Crippen LogP contribution in [0.4, 0.5) is 4.79 Å². The van der Waals surface area contributed by atoms with Gasteiger partial charge >= 0.3 is 12.1 Å². The maximum Gasteiger partial charge on any atom is 0.419 e. The summed E-state index contributed by atoms with van der Waals surface area (Å²) in [6, 6.07) is 9.41. The first-order valence-corrected chi connectivity index (χ1v) is 15.0. The first-order valence-electron chi connectivity index (χ1n) is 13.6. The number of esters is 1. The summed E-state index contributed by atoms with van der Waals surface area (Å²) < 4.78 is 53.8. The fourth-order valence-corrected chi connectivity index (χ4v) is 7.29. The SMILES string of the molecule is CCO[C@H]1CCN(S(=O)(=O)c2c(OC)cc(C)c3c2ccn3C(=O)OC(C)(C)C)[C@H](c2ccc(C(=O)OC)cc2)C1. The maximum atomic E-state index is 14.6. The second kappa shape index (κ2) is 11.8. The third-order valence-corrected chi connectivity index (χ3v) is 9.07. The number of ether oxygens (including phenoxy) is 4. The lowest BCUT2D eigenvalue weighted by atomic mass is 9.94. The molecule has 0 aliphatic carbocycles. The van der Waals surface area contributed by atoms with E-state index in [1.807, 2.05) is 6.92 Å². The van der Waals surface area contributed by atoms with Crippen LogP contribution < -0.4 is 4.74 Å². The molecule has 0 bridgehead atoms. The summed E-state index contributed by atoms with van der Waals surface area (Å²) in [5, 5.41) is 0.361. The number of hydrogen-bond donors (Lipinski definition) is 0. The quantitative estimate of drug-likeness (QED) is 0.336. The number of aryl methyl sites for hydroxylation is 1. The Kier molecular flexibility index (Phi) is 8.81. The molecule has 2 aromatic carbocycles. The molecule has 222 valence electrons. The first kappa shape index (κ1) is 30.5. The van der Waals surface area contributed by atoms with Crippen molar-refractivity contribution in [3.63, 3.8) is 0 Å². The fraction of sp³-hybridized carbons (Fsp3) is 0.467. The standard InChI is InChI=1S/C30H38N2O8S/c1-8-39-22-13-16-32(24(18-22)20-9-11-21(12-10-20)28(33)38-7)41(35,36)27-23-14-15-31(29(34)40-30(3,4)5)26(23)19(2)17-25(27)37-6/h9-12,14-15,17,22,24H,8,13,16,18H2,1-7H3/t22-,24-/m0/s1. The van der Waals surface area contributed by atoms with Crippen LogP contribution in [-0.2, 0) is 24.2 Å². The number of benzene rings is 2. The van der Waals surface area contributed by atoms with Crippen LogP contribution in [-0.4, -0.2) is 68.4 Å². The Bertz CT molecular complexity index is 1540. The van der Waals surface area contributed by atoms with Gasteiger partial charge in [0, 0.05) is 24.7 Å². The Labute approximate surface area is 241 Å². The topological polar surface area (TPSA) is 113 Å². The van der Waals surface area contributed by atoms with Gasteiger partial charge in [-0.25, -0.2) is 18.0 Å². The zero-order chi connectivity index (χ0) is 30.1. The number of fused-ring (bicyclic) bond motifs is 1. The van der Waals surface area contributed by atoms with Crippen molar-refractivity contribution in [2.45, 2.75) is 70.1 Å². The molecular weight excluding hydrogens is 548 g/mol. The highest BCUT2D eigenvalue weighted by Gasteiger charge is 2.41. The third kappa shape index (κ3) is 6.12. The number of sulfonamides is 1. The van der Waals surface area contributed by atoms with Crippen molar-refractivity contribution in [3.8, 4) is 5.75 Å². The van der Waals surface area contributed by atoms with Gasteiger partial charge in [0.25, 0.3) is 0 Å². The maximum absolute atomic E-state index is 14.6. The van der Waals surface area contributed by atoms with E-state index < -0.39 is 33.7 Å². The van der Waals surface area contributed by atoms with Gasteiger partial charge in [-0.2, -0.15) is 4.31 Å². The van der Waals surface area contributed by atoms with E-state index in [0.29, 0.717) is 41.5 Å². The van der Waals surface area contributed by atoms with E-state index in [2.05, 4.69) is 0 Å². The molecule has 2 atom stereocenters. The Morgan fingerprint density at radius 1 is 1.07 bits per heavy atom. The Hall–Kier alpha value is -3.41. The van der Waals surface area contributed by atoms with Crippen LogP contribution in [0.25, 0.3) is 10.9 Å². The van der Waals surface area contributed by atoms with Crippen molar-refractivity contribution in [2.24, 2.45) is 0 Å². The molecule has 0 unspecified atom stereocenters. The van der Waals surface area contributed by atoms with Gasteiger partial charge in [0.2, 0.25) is 10.0 Å². The van der Waals surface area contributed by atoms with Crippen LogP contribution in [0.5, 0.6) is 5.75 Å². The van der Waals surface area contributed by atoms with Crippen molar-refractivity contribution < 1.29 is 37.0 Å². The van der Waals surface area contributed by atoms with Crippen molar-refractivity contribution in [1.82, 2.24) is 8.87 Å². The number of hydrogen-bond acceptors (Lipinski definition) is 8. The summed E-state index contributed by atoms with van der Waals surface area (Å²) >= 11 is 0. The average molecular weight is 587 g/mol. The minimum Gasteiger partial charge on any atom is -0.495 e. The zero-order valence-corrected chi connectivity index (χ0v) is 25.4. The monoisotopic (exact) mass is 586 g/mol. The second-order valence-corrected chi connectivity index (χ2v) is 12.8. The minimum atomic E-state index is -4.17. The van der Waals surface area contributed by atoms with E-state index >= 15 is 0 Å². The van der Waals surface area contributed by atoms with Crippen LogP contribution in [0.2, 0.25) is 0 Å². The number of rotatable bonds is 7. The molecule has 11 heteroatoms. The molecule has 1 aliphatic rings. The Balaban J connectivity index is 1.85. The molecule has 10 nitrogen and oxygen atoms in total. The predicted octanol–water partition coefficient (Wildman–Crippen LogP) is 5.46. The number of aromatic nitrogens is 1. The number of carbonyl (C=O) groups is 2. The molecule has 0 N–H and O–H groups in total. The van der Waals surface area contributed by atoms with E-state index in [-0.39, 0.29) is 23.3 Å². The summed E-state index contributed by atoms with van der Waals surface area (Å²) in [6.07, 6.45) is 1.73. The van der Waals surface area contributed by atoms with Crippen molar-refractivity contribution in [1.29, 1.82) is 0 Å². The number of carbonyl (C=O) groups excluding carboxylic acids is 2. The number of nitrogens with zero attached hydrogens (tertiary/aromatic N) is 2. The van der Waals surface area contributed by atoms with E-state index in [0.717, 1.165) is 5.56 Å². The largest absolute Gasteiger partial charge is 0.495 e. The predicted molar refractivity (Wildman–Crippen MR) is 154 cm³/mol. The van der Waals surface area contributed by atoms with Crippen LogP contribution >= 0.6 is 0 Å². The summed E-state index contributed by atoms with van der Waals surface area (Å²) in [5.41, 5.74) is 1.45. The third-order valence-electron chi connectivity index (χ3n) is 7.08. The molecule has 4 rings (SSSR count). The van der Waals surface area contributed by atoms with Gasteiger partial charge in [-0.1, -0.05) is 12.1 Å². The molecular formula is C30H38N2O8S. The minimum absolute atomic E-state index is 0.0195. The lowest BCUT2D eigenvalue weighted by molar-refractivity contribution is 0.0108. The lowest BCUT2D eigenvalue weighted by Gasteiger charge is -2.39. The molecule has 0 spiro atoms. The average Bonchev–Trinajstić information content (AvgIpc) is 3.37. The Morgan fingerprint density at radius 2 is 1.76 bits per heavy atom. The van der Waals surface area contributed by atoms with Crippen LogP contribution in [0.1, 0.15) is 68.1 Å². The summed E-state index contributed by atoms with van der Waals surface area (Å²) in [5.74, 6) is -0.290. The smallest absolute Gasteiger partial charge is 0.419 e. The molecule has 2 heterocycles. The van der Waals surface area contributed by atoms with E-state index in [1.54, 1.807) is 64.1 Å². The second-order valence-electron chi connectivity index (χ2n) is 11.0. The summed E-state index contributed by atoms with van der Waals surface area (Å²) in [4.78, 5) is 25.0. The van der Waals surface area contributed by atoms with Gasteiger partial charge in [-0.15, -0.1) is 0 Å². The first-order chi connectivity index (χ1) is 19.3. The van der Waals surface area contributed by atoms with Crippen LogP contribution in [0, 0.1) is 6.92 Å². The van der Waals surface area contributed by atoms with Gasteiger partial charge in [0.05, 0.1) is 37.4 Å². The molecule has 1 aromatic heterocycles. The van der Waals surface area contributed by atoms with Crippen LogP contribution in [0.15, 0.2) is 47.5 Å². The van der Waals surface area contributed by atoms with E-state index in [1.165, 1.54) is 29.3 Å².